The summed E-state index contributed by atoms with van der Waals surface area (Å²) in [6.07, 6.45) is -8.04. The predicted octanol–water partition coefficient (Wildman–Crippen LogP) is 3.52. The van der Waals surface area contributed by atoms with Crippen LogP contribution in [0.4, 0.5) is 35.5 Å². The zero-order valence-corrected chi connectivity index (χ0v) is 13.9. The molecule has 0 saturated carbocycles. The third-order valence-electron chi connectivity index (χ3n) is 2.97. The van der Waals surface area contributed by atoms with Crippen LogP contribution >= 0.6 is 0 Å². The Labute approximate surface area is 138 Å². The van der Waals surface area contributed by atoms with Crippen molar-refractivity contribution >= 4 is 12.1 Å². The largest absolute Gasteiger partial charge is 0.467 e. The zero-order valence-electron chi connectivity index (χ0n) is 13.9. The smallest absolute Gasteiger partial charge is 0.459 e. The van der Waals surface area contributed by atoms with Crippen LogP contribution in [0.2, 0.25) is 0 Å². The highest BCUT2D eigenvalue weighted by atomic mass is 19.4. The van der Waals surface area contributed by atoms with Gasteiger partial charge in [-0.25, -0.2) is 9.59 Å². The lowest BCUT2D eigenvalue weighted by molar-refractivity contribution is -0.365. The van der Waals surface area contributed by atoms with E-state index >= 15 is 0 Å². The minimum atomic E-state index is -6.57. The van der Waals surface area contributed by atoms with E-state index in [-0.39, 0.29) is 6.92 Å². The number of rotatable bonds is 5. The van der Waals surface area contributed by atoms with E-state index < -0.39 is 47.6 Å². The minimum absolute atomic E-state index is 0.249. The van der Waals surface area contributed by atoms with Crippen molar-refractivity contribution in [2.75, 3.05) is 7.11 Å². The van der Waals surface area contributed by atoms with Gasteiger partial charge in [0.25, 0.3) is 0 Å². The number of hydrogen-bond acceptors (Lipinski definition) is 4. The lowest BCUT2D eigenvalue weighted by Crippen LogP contribution is -2.61. The van der Waals surface area contributed by atoms with Crippen LogP contribution in [0.15, 0.2) is 0 Å². The Bertz CT molecular complexity index is 500. The van der Waals surface area contributed by atoms with Gasteiger partial charge in [-0.1, -0.05) is 6.92 Å². The van der Waals surface area contributed by atoms with Crippen molar-refractivity contribution in [1.29, 1.82) is 0 Å². The van der Waals surface area contributed by atoms with Crippen molar-refractivity contribution in [2.24, 2.45) is 5.92 Å². The molecule has 0 aromatic heterocycles. The molecule has 0 saturated heterocycles. The second-order valence-electron chi connectivity index (χ2n) is 6.13. The number of alkyl halides is 7. The molecule has 5 nitrogen and oxygen atoms in total. The van der Waals surface area contributed by atoms with Crippen LogP contribution in [0.1, 0.15) is 27.7 Å². The van der Waals surface area contributed by atoms with E-state index in [4.69, 9.17) is 0 Å². The summed E-state index contributed by atoms with van der Waals surface area (Å²) in [4.78, 5) is 23.1. The van der Waals surface area contributed by atoms with E-state index in [0.717, 1.165) is 0 Å². The number of nitrogens with one attached hydrogen (secondary N) is 1. The molecule has 0 heterocycles. The maximum absolute atomic E-state index is 13.8. The van der Waals surface area contributed by atoms with Crippen LogP contribution in [0.25, 0.3) is 0 Å². The summed E-state index contributed by atoms with van der Waals surface area (Å²) in [6, 6.07) is -2.51. The number of methoxy groups -OCH3 is 1. The first-order chi connectivity index (χ1) is 10.9. The Hall–Kier alpha value is -1.75. The van der Waals surface area contributed by atoms with E-state index in [0.29, 0.717) is 7.11 Å². The van der Waals surface area contributed by atoms with Gasteiger partial charge in [-0.2, -0.15) is 30.7 Å². The minimum Gasteiger partial charge on any atom is -0.467 e. The molecule has 25 heavy (non-hydrogen) atoms. The van der Waals surface area contributed by atoms with Gasteiger partial charge in [-0.15, -0.1) is 0 Å². The molecule has 12 heteroatoms. The van der Waals surface area contributed by atoms with Gasteiger partial charge < -0.3 is 14.8 Å². The molecule has 2 unspecified atom stereocenters. The average Bonchev–Trinajstić information content (AvgIpc) is 2.39. The summed E-state index contributed by atoms with van der Waals surface area (Å²) >= 11 is 0. The molecule has 0 spiro atoms. The van der Waals surface area contributed by atoms with Gasteiger partial charge in [0.05, 0.1) is 13.0 Å². The fourth-order valence-corrected chi connectivity index (χ4v) is 1.63. The van der Waals surface area contributed by atoms with Crippen molar-refractivity contribution in [2.45, 2.75) is 57.4 Å². The molecule has 0 aromatic rings. The van der Waals surface area contributed by atoms with E-state index in [1.54, 1.807) is 0 Å². The number of carbonyl (C=O) groups excluding carboxylic acids is 2. The summed E-state index contributed by atoms with van der Waals surface area (Å²) in [6.45, 7) is 4.36. The van der Waals surface area contributed by atoms with Crippen LogP contribution < -0.4 is 5.32 Å². The molecule has 0 rings (SSSR count). The quantitative estimate of drug-likeness (QED) is 0.581. The first kappa shape index (κ1) is 23.2. The zero-order chi connectivity index (χ0) is 20.4. The molecule has 0 bridgehead atoms. The van der Waals surface area contributed by atoms with E-state index in [9.17, 15) is 40.3 Å². The van der Waals surface area contributed by atoms with Crippen molar-refractivity contribution < 1.29 is 49.8 Å². The third-order valence-corrected chi connectivity index (χ3v) is 2.97. The summed E-state index contributed by atoms with van der Waals surface area (Å²) in [7, 11) is 0.679. The van der Waals surface area contributed by atoms with Crippen molar-refractivity contribution in [1.82, 2.24) is 5.32 Å². The number of esters is 1. The van der Waals surface area contributed by atoms with Gasteiger partial charge in [-0.3, -0.25) is 0 Å². The van der Waals surface area contributed by atoms with Gasteiger partial charge in [0.1, 0.15) is 11.6 Å². The molecule has 0 aliphatic rings. The maximum atomic E-state index is 13.8. The predicted molar refractivity (Wildman–Crippen MR) is 70.3 cm³/mol. The Kier molecular flexibility index (Phi) is 6.73. The summed E-state index contributed by atoms with van der Waals surface area (Å²) in [5.41, 5.74) is -1.15. The second-order valence-corrected chi connectivity index (χ2v) is 6.13. The number of carbonyl (C=O) groups is 2. The Morgan fingerprint density at radius 1 is 0.960 bits per heavy atom. The number of hydrogen-bond donors (Lipinski definition) is 1. The molecule has 1 amide bonds. The van der Waals surface area contributed by atoms with Gasteiger partial charge in [0.2, 0.25) is 0 Å². The second kappa shape index (κ2) is 7.24. The van der Waals surface area contributed by atoms with Crippen LogP contribution in [0.3, 0.4) is 0 Å². The Balaban J connectivity index is 5.68. The molecular weight excluding hydrogens is 367 g/mol. The first-order valence-corrected chi connectivity index (χ1v) is 6.78. The normalized spacial score (nSPS) is 16.0. The molecule has 0 aromatic carbocycles. The van der Waals surface area contributed by atoms with Crippen molar-refractivity contribution in [3.63, 3.8) is 0 Å². The summed E-state index contributed by atoms with van der Waals surface area (Å²) in [5, 5.41) is 1.54. The molecule has 0 aliphatic carbocycles. The molecular formula is C13H18F7NO4. The van der Waals surface area contributed by atoms with Crippen LogP contribution in [0.5, 0.6) is 0 Å². The number of ether oxygens (including phenoxy) is 2. The molecule has 0 fully saturated rings. The third kappa shape index (κ3) is 5.36. The number of amides is 1. The standard InChI is InChI=1S/C13H18F7NO4/c1-6(11(14,15)12(16,17)13(18,19)20)7(8(22)24-5)21-9(23)25-10(2,3)4/h6-7H,1-5H3,(H,21,23). The van der Waals surface area contributed by atoms with E-state index in [1.807, 2.05) is 0 Å². The van der Waals surface area contributed by atoms with Gasteiger partial charge in [0, 0.05) is 0 Å². The fraction of sp³-hybridized carbons (Fsp3) is 0.846. The van der Waals surface area contributed by atoms with Crippen LogP contribution in [-0.2, 0) is 14.3 Å². The monoisotopic (exact) mass is 385 g/mol. The van der Waals surface area contributed by atoms with Crippen LogP contribution in [0, 0.1) is 5.92 Å². The SMILES string of the molecule is COC(=O)C(NC(=O)OC(C)(C)C)C(C)C(F)(F)C(F)(F)C(F)(F)F. The van der Waals surface area contributed by atoms with E-state index in [2.05, 4.69) is 9.47 Å². The fourth-order valence-electron chi connectivity index (χ4n) is 1.63. The topological polar surface area (TPSA) is 64.6 Å². The lowest BCUT2D eigenvalue weighted by Gasteiger charge is -2.35. The van der Waals surface area contributed by atoms with Crippen molar-refractivity contribution in [3.05, 3.63) is 0 Å². The van der Waals surface area contributed by atoms with Gasteiger partial charge >= 0.3 is 30.1 Å². The van der Waals surface area contributed by atoms with Crippen molar-refractivity contribution in [3.8, 4) is 0 Å². The number of halogens is 7. The molecule has 0 aliphatic heterocycles. The highest BCUT2D eigenvalue weighted by Crippen LogP contribution is 2.50. The van der Waals surface area contributed by atoms with Gasteiger partial charge in [-0.05, 0) is 20.8 Å². The first-order valence-electron chi connectivity index (χ1n) is 6.78. The number of alkyl carbamates (subject to hydrolysis) is 1. The lowest BCUT2D eigenvalue weighted by atomic mass is 9.90. The highest BCUT2D eigenvalue weighted by Gasteiger charge is 2.75. The molecule has 148 valence electrons. The molecule has 2 atom stereocenters. The average molecular weight is 385 g/mol. The summed E-state index contributed by atoms with van der Waals surface area (Å²) < 4.78 is 99.3. The Morgan fingerprint density at radius 3 is 1.72 bits per heavy atom. The van der Waals surface area contributed by atoms with Gasteiger partial charge in [0.15, 0.2) is 0 Å². The molecule has 0 radical (unpaired) electrons. The van der Waals surface area contributed by atoms with E-state index in [1.165, 1.54) is 26.1 Å². The van der Waals surface area contributed by atoms with Crippen LogP contribution in [-0.4, -0.2) is 48.8 Å². The maximum Gasteiger partial charge on any atom is 0.459 e. The molecule has 1 N–H and O–H groups in total. The Morgan fingerprint density at radius 2 is 1.40 bits per heavy atom. The summed E-state index contributed by atoms with van der Waals surface area (Å²) in [5.74, 6) is -16.8. The highest BCUT2D eigenvalue weighted by molar-refractivity contribution is 5.81.